The van der Waals surface area contributed by atoms with Crippen LogP contribution in [0.5, 0.6) is 0 Å². The van der Waals surface area contributed by atoms with Crippen molar-refractivity contribution in [3.05, 3.63) is 0 Å². The lowest BCUT2D eigenvalue weighted by molar-refractivity contribution is -0.141. The van der Waals surface area contributed by atoms with E-state index in [9.17, 15) is 14.7 Å². The van der Waals surface area contributed by atoms with Crippen molar-refractivity contribution in [3.63, 3.8) is 0 Å². The van der Waals surface area contributed by atoms with Gasteiger partial charge in [-0.2, -0.15) is 0 Å². The highest BCUT2D eigenvalue weighted by atomic mass is 16.5. The Balaban J connectivity index is 2.23. The van der Waals surface area contributed by atoms with Crippen LogP contribution in [0, 0.1) is 5.92 Å². The van der Waals surface area contributed by atoms with Gasteiger partial charge in [-0.15, -0.1) is 0 Å². The number of aliphatic carboxylic acids is 1. The van der Waals surface area contributed by atoms with Crippen molar-refractivity contribution < 1.29 is 24.5 Å². The van der Waals surface area contributed by atoms with Crippen LogP contribution in [-0.2, 0) is 9.53 Å². The molecule has 2 atom stereocenters. The minimum absolute atomic E-state index is 0.0526. The molecule has 0 aromatic heterocycles. The number of aliphatic hydroxyl groups is 1. The highest BCUT2D eigenvalue weighted by Crippen LogP contribution is 2.17. The molecule has 1 heterocycles. The monoisotopic (exact) mass is 288 g/mol. The van der Waals surface area contributed by atoms with Crippen molar-refractivity contribution in [1.82, 2.24) is 10.2 Å². The summed E-state index contributed by atoms with van der Waals surface area (Å²) in [5.74, 6) is -0.517. The van der Waals surface area contributed by atoms with Crippen molar-refractivity contribution in [2.45, 2.75) is 38.8 Å². The molecule has 7 nitrogen and oxygen atoms in total. The Morgan fingerprint density at radius 1 is 1.40 bits per heavy atom. The summed E-state index contributed by atoms with van der Waals surface area (Å²) < 4.78 is 5.35. The SMILES string of the molecule is CC(C)CCOCCNC(=O)N1C[C@H](O)C[C@H]1C(=O)O. The van der Waals surface area contributed by atoms with E-state index in [1.807, 2.05) is 0 Å². The van der Waals surface area contributed by atoms with E-state index in [1.165, 1.54) is 0 Å². The van der Waals surface area contributed by atoms with Gasteiger partial charge >= 0.3 is 12.0 Å². The Labute approximate surface area is 118 Å². The molecule has 3 N–H and O–H groups in total. The van der Waals surface area contributed by atoms with Crippen molar-refractivity contribution in [2.75, 3.05) is 26.3 Å². The summed E-state index contributed by atoms with van der Waals surface area (Å²) in [6.45, 7) is 5.64. The van der Waals surface area contributed by atoms with Crippen LogP contribution >= 0.6 is 0 Å². The summed E-state index contributed by atoms with van der Waals surface area (Å²) in [7, 11) is 0. The van der Waals surface area contributed by atoms with Crippen LogP contribution in [0.1, 0.15) is 26.7 Å². The number of hydrogen-bond donors (Lipinski definition) is 3. The van der Waals surface area contributed by atoms with Gasteiger partial charge in [0.15, 0.2) is 0 Å². The third-order valence-electron chi connectivity index (χ3n) is 3.19. The molecule has 0 spiro atoms. The molecule has 2 amide bonds. The average molecular weight is 288 g/mol. The van der Waals surface area contributed by atoms with E-state index in [0.717, 1.165) is 11.3 Å². The summed E-state index contributed by atoms with van der Waals surface area (Å²) in [6.07, 6.45) is 0.269. The third kappa shape index (κ3) is 5.34. The van der Waals surface area contributed by atoms with Gasteiger partial charge in [0.05, 0.1) is 12.7 Å². The van der Waals surface area contributed by atoms with Gasteiger partial charge in [0, 0.05) is 26.1 Å². The molecule has 1 saturated heterocycles. The van der Waals surface area contributed by atoms with Crippen LogP contribution in [0.4, 0.5) is 4.79 Å². The van der Waals surface area contributed by atoms with Crippen molar-refractivity contribution in [2.24, 2.45) is 5.92 Å². The van der Waals surface area contributed by atoms with Crippen LogP contribution < -0.4 is 5.32 Å². The van der Waals surface area contributed by atoms with Crippen LogP contribution in [0.25, 0.3) is 0 Å². The minimum Gasteiger partial charge on any atom is -0.480 e. The predicted octanol–water partition coefficient (Wildman–Crippen LogP) is 0.279. The Hall–Kier alpha value is -1.34. The van der Waals surface area contributed by atoms with E-state index >= 15 is 0 Å². The molecule has 1 aliphatic heterocycles. The maximum atomic E-state index is 11.8. The normalized spacial score (nSPS) is 22.3. The van der Waals surface area contributed by atoms with Gasteiger partial charge in [-0.25, -0.2) is 9.59 Å². The lowest BCUT2D eigenvalue weighted by Crippen LogP contribution is -2.46. The van der Waals surface area contributed by atoms with E-state index in [4.69, 9.17) is 9.84 Å². The number of likely N-dealkylation sites (tertiary alicyclic amines) is 1. The molecule has 0 saturated carbocycles. The number of rotatable bonds is 7. The molecule has 1 fully saturated rings. The number of hydrogen-bond acceptors (Lipinski definition) is 4. The molecule has 0 aromatic rings. The quantitative estimate of drug-likeness (QED) is 0.584. The summed E-state index contributed by atoms with van der Waals surface area (Å²) in [6, 6.07) is -1.42. The number of aliphatic hydroxyl groups excluding tert-OH is 1. The smallest absolute Gasteiger partial charge is 0.326 e. The number of amides is 2. The van der Waals surface area contributed by atoms with E-state index in [-0.39, 0.29) is 13.0 Å². The van der Waals surface area contributed by atoms with Crippen molar-refractivity contribution >= 4 is 12.0 Å². The first-order valence-electron chi connectivity index (χ1n) is 6.95. The van der Waals surface area contributed by atoms with Gasteiger partial charge in [0.25, 0.3) is 0 Å². The zero-order valence-corrected chi connectivity index (χ0v) is 12.0. The second kappa shape index (κ2) is 8.06. The van der Waals surface area contributed by atoms with Crippen molar-refractivity contribution in [3.8, 4) is 0 Å². The standard InChI is InChI=1S/C13H24N2O5/c1-9(2)3-5-20-6-4-14-13(19)15-8-10(16)7-11(15)12(17)18/h9-11,16H,3-8H2,1-2H3,(H,14,19)(H,17,18)/t10-,11+/m1/s1. The maximum absolute atomic E-state index is 11.8. The summed E-state index contributed by atoms with van der Waals surface area (Å²) >= 11 is 0. The van der Waals surface area contributed by atoms with E-state index in [2.05, 4.69) is 19.2 Å². The number of β-amino-alcohol motifs (C(OH)–C–C–N with tert-alkyl or cyclic N) is 1. The highest BCUT2D eigenvalue weighted by Gasteiger charge is 2.38. The molecule has 0 radical (unpaired) electrons. The maximum Gasteiger partial charge on any atom is 0.326 e. The van der Waals surface area contributed by atoms with Gasteiger partial charge in [-0.05, 0) is 12.3 Å². The fourth-order valence-electron chi connectivity index (χ4n) is 2.03. The number of carboxylic acid groups (broad SMARTS) is 1. The molecule has 0 aliphatic carbocycles. The molecule has 1 aliphatic rings. The Bertz CT molecular complexity index is 335. The lowest BCUT2D eigenvalue weighted by Gasteiger charge is -2.21. The Morgan fingerprint density at radius 3 is 2.70 bits per heavy atom. The first-order valence-corrected chi connectivity index (χ1v) is 6.95. The van der Waals surface area contributed by atoms with Crippen LogP contribution in [0.2, 0.25) is 0 Å². The summed E-state index contributed by atoms with van der Waals surface area (Å²) in [4.78, 5) is 24.0. The van der Waals surface area contributed by atoms with E-state index in [1.54, 1.807) is 0 Å². The van der Waals surface area contributed by atoms with Crippen molar-refractivity contribution in [1.29, 1.82) is 0 Å². The zero-order chi connectivity index (χ0) is 15.1. The van der Waals surface area contributed by atoms with Crippen LogP contribution in [-0.4, -0.2) is 65.6 Å². The van der Waals surface area contributed by atoms with Gasteiger partial charge in [0.1, 0.15) is 6.04 Å². The number of urea groups is 1. The number of carbonyl (C=O) groups is 2. The molecular formula is C13H24N2O5. The van der Waals surface area contributed by atoms with Crippen LogP contribution in [0.3, 0.4) is 0 Å². The molecule has 20 heavy (non-hydrogen) atoms. The van der Waals surface area contributed by atoms with Gasteiger partial charge in [0.2, 0.25) is 0 Å². The largest absolute Gasteiger partial charge is 0.480 e. The van der Waals surface area contributed by atoms with Gasteiger partial charge in [-0.1, -0.05) is 13.8 Å². The van der Waals surface area contributed by atoms with Gasteiger partial charge < -0.3 is 25.2 Å². The fraction of sp³-hybridized carbons (Fsp3) is 0.846. The molecule has 116 valence electrons. The Kier molecular flexibility index (Phi) is 6.74. The molecular weight excluding hydrogens is 264 g/mol. The average Bonchev–Trinajstić information content (AvgIpc) is 2.75. The number of carboxylic acids is 1. The number of nitrogens with one attached hydrogen (secondary N) is 1. The number of ether oxygens (including phenoxy) is 1. The highest BCUT2D eigenvalue weighted by molar-refractivity contribution is 5.83. The molecule has 0 unspecified atom stereocenters. The third-order valence-corrected chi connectivity index (χ3v) is 3.19. The lowest BCUT2D eigenvalue weighted by atomic mass is 10.1. The number of nitrogens with zero attached hydrogens (tertiary/aromatic N) is 1. The topological polar surface area (TPSA) is 99.1 Å². The fourth-order valence-corrected chi connectivity index (χ4v) is 2.03. The summed E-state index contributed by atoms with van der Waals surface area (Å²) in [5, 5.41) is 21.0. The minimum atomic E-state index is -1.09. The summed E-state index contributed by atoms with van der Waals surface area (Å²) in [5.41, 5.74) is 0. The van der Waals surface area contributed by atoms with Crippen LogP contribution in [0.15, 0.2) is 0 Å². The van der Waals surface area contributed by atoms with E-state index in [0.29, 0.717) is 25.7 Å². The Morgan fingerprint density at radius 2 is 2.10 bits per heavy atom. The predicted molar refractivity (Wildman–Crippen MR) is 72.4 cm³/mol. The van der Waals surface area contributed by atoms with Gasteiger partial charge in [-0.3, -0.25) is 0 Å². The van der Waals surface area contributed by atoms with E-state index < -0.39 is 24.1 Å². The first-order chi connectivity index (χ1) is 9.41. The second-order valence-electron chi connectivity index (χ2n) is 5.42. The first kappa shape index (κ1) is 16.7. The molecule has 7 heteroatoms. The second-order valence-corrected chi connectivity index (χ2v) is 5.42. The molecule has 0 bridgehead atoms. The number of carbonyl (C=O) groups excluding carboxylic acids is 1. The molecule has 0 aromatic carbocycles. The zero-order valence-electron chi connectivity index (χ0n) is 12.0. The molecule has 1 rings (SSSR count).